The number of anilines is 1. The van der Waals surface area contributed by atoms with Crippen molar-refractivity contribution < 1.29 is 22.7 Å². The van der Waals surface area contributed by atoms with E-state index in [0.717, 1.165) is 4.52 Å². The Morgan fingerprint density at radius 1 is 1.34 bits per heavy atom. The first kappa shape index (κ1) is 18.9. The fourth-order valence-corrected chi connectivity index (χ4v) is 2.92. The molecule has 154 valence electrons. The van der Waals surface area contributed by atoms with Gasteiger partial charge in [0.1, 0.15) is 18.4 Å². The second-order valence-corrected chi connectivity index (χ2v) is 6.41. The van der Waals surface area contributed by atoms with Crippen molar-refractivity contribution in [2.45, 2.75) is 18.8 Å². The van der Waals surface area contributed by atoms with Crippen LogP contribution in [0, 0.1) is 0 Å². The lowest BCUT2D eigenvalue weighted by atomic mass is 10.3. The Bertz CT molecular complexity index is 1230. The van der Waals surface area contributed by atoms with Crippen LogP contribution < -0.4 is 21.4 Å². The third-order valence-electron chi connectivity index (χ3n) is 4.21. The van der Waals surface area contributed by atoms with E-state index in [1.807, 2.05) is 0 Å². The molecule has 3 aromatic heterocycles. The van der Waals surface area contributed by atoms with Crippen molar-refractivity contribution in [2.24, 2.45) is 4.99 Å². The number of halogens is 4. The standard InChI is InChI=1S/C15H14F4N8O2/c16-8-1-2-26(5-8)13-23-10-7(3-9-11(28)24-14(29)22-9)4-21-27(10)12(25-13)20-6-15(17,18)19/h3-4,8,28H,1-2,5-6H2,(H2,22,24,29)/t8-/m1/s1. The summed E-state index contributed by atoms with van der Waals surface area (Å²) in [7, 11) is 0. The predicted octanol–water partition coefficient (Wildman–Crippen LogP) is -0.595. The van der Waals surface area contributed by atoms with E-state index in [0.29, 0.717) is 6.54 Å². The number of nitrogens with one attached hydrogen (secondary N) is 2. The number of H-pyrrole nitrogens is 2. The maximum atomic E-state index is 13.6. The van der Waals surface area contributed by atoms with Crippen molar-refractivity contribution in [3.05, 3.63) is 33.2 Å². The van der Waals surface area contributed by atoms with Crippen molar-refractivity contribution in [1.82, 2.24) is 29.5 Å². The molecule has 0 radical (unpaired) electrons. The molecule has 1 saturated heterocycles. The molecule has 1 atom stereocenters. The lowest BCUT2D eigenvalue weighted by Gasteiger charge is -2.14. The van der Waals surface area contributed by atoms with Gasteiger partial charge >= 0.3 is 11.9 Å². The number of imidazole rings is 1. The SMILES string of the molecule is O=c1[nH]c(O)c(C=c2cnn3c(=NCC(F)(F)F)nc(N4CC[C@@H](F)C4)nc23)[nH]1. The molecule has 14 heteroatoms. The molecule has 10 nitrogen and oxygen atoms in total. The van der Waals surface area contributed by atoms with Crippen LogP contribution in [0.5, 0.6) is 5.88 Å². The van der Waals surface area contributed by atoms with E-state index in [4.69, 9.17) is 0 Å². The maximum Gasteiger partial charge on any atom is 0.408 e. The predicted molar refractivity (Wildman–Crippen MR) is 90.9 cm³/mol. The molecule has 29 heavy (non-hydrogen) atoms. The number of hydrogen-bond donors (Lipinski definition) is 3. The van der Waals surface area contributed by atoms with Crippen molar-refractivity contribution in [1.29, 1.82) is 0 Å². The van der Waals surface area contributed by atoms with Gasteiger partial charge in [0.05, 0.1) is 12.7 Å². The van der Waals surface area contributed by atoms with Gasteiger partial charge in [-0.05, 0) is 12.5 Å². The van der Waals surface area contributed by atoms with Crippen molar-refractivity contribution in [3.63, 3.8) is 0 Å². The zero-order valence-corrected chi connectivity index (χ0v) is 14.6. The van der Waals surface area contributed by atoms with Crippen LogP contribution in [0.25, 0.3) is 11.7 Å². The summed E-state index contributed by atoms with van der Waals surface area (Å²) in [6, 6.07) is 0. The van der Waals surface area contributed by atoms with E-state index >= 15 is 0 Å². The van der Waals surface area contributed by atoms with E-state index in [9.17, 15) is 27.5 Å². The summed E-state index contributed by atoms with van der Waals surface area (Å²) in [5, 5.41) is 13.9. The van der Waals surface area contributed by atoms with Gasteiger partial charge in [-0.25, -0.2) is 14.2 Å². The molecule has 0 amide bonds. The summed E-state index contributed by atoms with van der Waals surface area (Å²) in [5.74, 6) is -0.411. The van der Waals surface area contributed by atoms with E-state index in [1.165, 1.54) is 17.2 Å². The Kier molecular flexibility index (Phi) is 4.47. The molecule has 1 aliphatic rings. The minimum Gasteiger partial charge on any atom is -0.493 e. The Morgan fingerprint density at radius 2 is 2.14 bits per heavy atom. The minimum absolute atomic E-state index is 0.00792. The van der Waals surface area contributed by atoms with E-state index < -0.39 is 30.5 Å². The number of alkyl halides is 4. The summed E-state index contributed by atoms with van der Waals surface area (Å²) >= 11 is 0. The van der Waals surface area contributed by atoms with E-state index in [2.05, 4.69) is 30.0 Å². The molecule has 0 saturated carbocycles. The van der Waals surface area contributed by atoms with Gasteiger partial charge in [-0.3, -0.25) is 4.98 Å². The molecule has 3 aromatic rings. The van der Waals surface area contributed by atoms with Crippen LogP contribution in [-0.4, -0.2) is 66.6 Å². The molecule has 0 spiro atoms. The van der Waals surface area contributed by atoms with Crippen LogP contribution in [0.2, 0.25) is 0 Å². The van der Waals surface area contributed by atoms with Gasteiger partial charge in [0, 0.05) is 11.8 Å². The van der Waals surface area contributed by atoms with Crippen molar-refractivity contribution >= 4 is 17.7 Å². The Balaban J connectivity index is 1.91. The number of hydrogen-bond acceptors (Lipinski definition) is 7. The molecule has 4 rings (SSSR count). The van der Waals surface area contributed by atoms with Crippen molar-refractivity contribution in [3.8, 4) is 5.88 Å². The van der Waals surface area contributed by atoms with Crippen LogP contribution in [0.15, 0.2) is 16.0 Å². The molecule has 1 fully saturated rings. The average molecular weight is 414 g/mol. The Hall–Kier alpha value is -3.45. The first-order valence-electron chi connectivity index (χ1n) is 8.44. The molecule has 1 aliphatic heterocycles. The van der Waals surface area contributed by atoms with Gasteiger partial charge < -0.3 is 15.0 Å². The highest BCUT2D eigenvalue weighted by atomic mass is 19.4. The normalized spacial score (nSPS) is 19.0. The molecular formula is C15H14F4N8O2. The summed E-state index contributed by atoms with van der Waals surface area (Å²) in [5.41, 5.74) is -0.882. The van der Waals surface area contributed by atoms with E-state index in [1.54, 1.807) is 0 Å². The maximum absolute atomic E-state index is 13.6. The largest absolute Gasteiger partial charge is 0.493 e. The number of rotatable bonds is 3. The molecule has 0 aliphatic carbocycles. The average Bonchev–Trinajstić information content (AvgIpc) is 3.32. The molecular weight excluding hydrogens is 400 g/mol. The number of aromatic amines is 2. The van der Waals surface area contributed by atoms with Crippen molar-refractivity contribution in [2.75, 3.05) is 24.5 Å². The monoisotopic (exact) mass is 414 g/mol. The van der Waals surface area contributed by atoms with Crippen LogP contribution in [0.4, 0.5) is 23.5 Å². The fraction of sp³-hybridized carbons (Fsp3) is 0.400. The zero-order chi connectivity index (χ0) is 20.8. The summed E-state index contributed by atoms with van der Waals surface area (Å²) < 4.78 is 52.5. The molecule has 4 heterocycles. The van der Waals surface area contributed by atoms with Gasteiger partial charge in [0.25, 0.3) is 5.62 Å². The van der Waals surface area contributed by atoms with Gasteiger partial charge in [-0.2, -0.15) is 32.8 Å². The van der Waals surface area contributed by atoms with Gasteiger partial charge in [-0.1, -0.05) is 0 Å². The third kappa shape index (κ3) is 3.90. The number of aromatic hydroxyl groups is 1. The summed E-state index contributed by atoms with van der Waals surface area (Å²) in [6.45, 7) is -1.17. The quantitative estimate of drug-likeness (QED) is 0.492. The van der Waals surface area contributed by atoms with Gasteiger partial charge in [0.2, 0.25) is 11.8 Å². The van der Waals surface area contributed by atoms with Crippen LogP contribution in [-0.2, 0) is 0 Å². The zero-order valence-electron chi connectivity index (χ0n) is 14.6. The Labute approximate surface area is 158 Å². The van der Waals surface area contributed by atoms with Crippen LogP contribution in [0.1, 0.15) is 12.1 Å². The lowest BCUT2D eigenvalue weighted by molar-refractivity contribution is -0.118. The second kappa shape index (κ2) is 6.86. The summed E-state index contributed by atoms with van der Waals surface area (Å²) in [4.78, 5) is 29.1. The topological polar surface area (TPSA) is 128 Å². The second-order valence-electron chi connectivity index (χ2n) is 6.41. The minimum atomic E-state index is -4.55. The van der Waals surface area contributed by atoms with E-state index in [-0.39, 0.29) is 41.1 Å². The number of fused-ring (bicyclic) bond motifs is 1. The first-order chi connectivity index (χ1) is 13.7. The first-order valence-corrected chi connectivity index (χ1v) is 8.44. The highest BCUT2D eigenvalue weighted by Crippen LogP contribution is 2.17. The molecule has 3 N–H and O–H groups in total. The van der Waals surface area contributed by atoms with Crippen LogP contribution >= 0.6 is 0 Å². The van der Waals surface area contributed by atoms with Gasteiger partial charge in [0.15, 0.2) is 5.65 Å². The fourth-order valence-electron chi connectivity index (χ4n) is 2.92. The lowest BCUT2D eigenvalue weighted by Crippen LogP contribution is -2.31. The van der Waals surface area contributed by atoms with Crippen LogP contribution in [0.3, 0.4) is 0 Å². The molecule has 0 unspecified atom stereocenters. The molecule has 0 bridgehead atoms. The third-order valence-corrected chi connectivity index (χ3v) is 4.21. The molecule has 0 aromatic carbocycles. The number of aromatic nitrogens is 6. The Morgan fingerprint density at radius 3 is 2.76 bits per heavy atom. The van der Waals surface area contributed by atoms with Gasteiger partial charge in [-0.15, -0.1) is 0 Å². The highest BCUT2D eigenvalue weighted by Gasteiger charge is 2.27. The summed E-state index contributed by atoms with van der Waals surface area (Å²) in [6.07, 6.45) is -2.79. The highest BCUT2D eigenvalue weighted by molar-refractivity contribution is 5.57. The number of nitrogens with zero attached hydrogens (tertiary/aromatic N) is 6. The smallest absolute Gasteiger partial charge is 0.408 e.